The fraction of sp³-hybridized carbons (Fsp3) is 0.333. The summed E-state index contributed by atoms with van der Waals surface area (Å²) in [5.74, 6) is 0.120. The number of rotatable bonds is 7. The molecule has 1 aliphatic heterocycles. The number of thiocarbonyl (C=S) groups is 1. The number of aryl methyl sites for hydroxylation is 1. The smallest absolute Gasteiger partial charge is 0.267 e. The third-order valence-corrected chi connectivity index (χ3v) is 5.61. The number of thioether (sulfide) groups is 1. The Hall–Kier alpha value is -2.27. The summed E-state index contributed by atoms with van der Waals surface area (Å²) in [6.45, 7) is 2.78. The zero-order valence-electron chi connectivity index (χ0n) is 15.5. The lowest BCUT2D eigenvalue weighted by molar-refractivity contribution is -0.121. The van der Waals surface area contributed by atoms with Crippen molar-refractivity contribution in [2.24, 2.45) is 0 Å². The number of aromatic nitrogens is 2. The Balaban J connectivity index is 2.04. The van der Waals surface area contributed by atoms with Crippen molar-refractivity contribution in [2.75, 3.05) is 38.7 Å². The summed E-state index contributed by atoms with van der Waals surface area (Å²) in [7, 11) is 1.60. The number of fused-ring (bicyclic) bond motifs is 1. The van der Waals surface area contributed by atoms with Crippen LogP contribution in [-0.2, 0) is 9.53 Å². The summed E-state index contributed by atoms with van der Waals surface area (Å²) in [5, 5.41) is 11.9. The van der Waals surface area contributed by atoms with Gasteiger partial charge in [0.05, 0.1) is 30.3 Å². The van der Waals surface area contributed by atoms with Gasteiger partial charge in [0.2, 0.25) is 0 Å². The number of aliphatic hydroxyl groups excluding tert-OH is 1. The van der Waals surface area contributed by atoms with Crippen molar-refractivity contribution in [3.8, 4) is 0 Å². The lowest BCUT2D eigenvalue weighted by atomic mass is 10.2. The van der Waals surface area contributed by atoms with E-state index in [1.807, 2.05) is 13.0 Å². The molecule has 0 atom stereocenters. The molecule has 1 amide bonds. The Morgan fingerprint density at radius 2 is 2.18 bits per heavy atom. The Bertz CT molecular complexity index is 1020. The molecule has 10 heteroatoms. The second kappa shape index (κ2) is 8.82. The van der Waals surface area contributed by atoms with Gasteiger partial charge in [0.1, 0.15) is 15.8 Å². The minimum Gasteiger partial charge on any atom is -0.394 e. The van der Waals surface area contributed by atoms with Crippen molar-refractivity contribution < 1.29 is 14.6 Å². The van der Waals surface area contributed by atoms with E-state index in [1.54, 1.807) is 19.3 Å². The van der Waals surface area contributed by atoms with Crippen LogP contribution in [0.5, 0.6) is 0 Å². The van der Waals surface area contributed by atoms with E-state index in [0.717, 1.165) is 17.3 Å². The van der Waals surface area contributed by atoms with Crippen LogP contribution in [0, 0.1) is 6.92 Å². The molecular formula is C18H20N4O4S2. The van der Waals surface area contributed by atoms with E-state index in [-0.39, 0.29) is 30.2 Å². The first-order chi connectivity index (χ1) is 13.4. The highest BCUT2D eigenvalue weighted by atomic mass is 32.2. The molecule has 3 heterocycles. The van der Waals surface area contributed by atoms with Crippen LogP contribution in [0.3, 0.4) is 0 Å². The second-order valence-corrected chi connectivity index (χ2v) is 7.74. The van der Waals surface area contributed by atoms with Gasteiger partial charge < -0.3 is 15.2 Å². The number of aliphatic hydroxyl groups is 1. The number of nitrogens with zero attached hydrogens (tertiary/aromatic N) is 3. The highest BCUT2D eigenvalue weighted by Gasteiger charge is 2.29. The van der Waals surface area contributed by atoms with Gasteiger partial charge >= 0.3 is 0 Å². The highest BCUT2D eigenvalue weighted by molar-refractivity contribution is 8.26. The van der Waals surface area contributed by atoms with E-state index in [1.165, 1.54) is 15.4 Å². The minimum atomic E-state index is -0.283. The van der Waals surface area contributed by atoms with Gasteiger partial charge in [0, 0.05) is 19.8 Å². The van der Waals surface area contributed by atoms with Crippen LogP contribution in [0.1, 0.15) is 11.1 Å². The number of likely N-dealkylation sites (N-methyl/N-ethyl adjacent to an activating group) is 1. The number of carbonyl (C=O) groups excluding carboxylic acids is 1. The number of ether oxygens (including phenoxy) is 1. The molecule has 2 N–H and O–H groups in total. The summed E-state index contributed by atoms with van der Waals surface area (Å²) in [4.78, 5) is 31.8. The van der Waals surface area contributed by atoms with Crippen molar-refractivity contribution in [2.45, 2.75) is 6.92 Å². The molecule has 1 fully saturated rings. The van der Waals surface area contributed by atoms with E-state index in [2.05, 4.69) is 10.3 Å². The molecule has 0 spiro atoms. The summed E-state index contributed by atoms with van der Waals surface area (Å²) in [6, 6.07) is 3.65. The summed E-state index contributed by atoms with van der Waals surface area (Å²) < 4.78 is 7.14. The monoisotopic (exact) mass is 420 g/mol. The van der Waals surface area contributed by atoms with Gasteiger partial charge in [0.15, 0.2) is 0 Å². The number of carbonyl (C=O) groups is 1. The molecule has 0 aliphatic carbocycles. The molecule has 0 aromatic carbocycles. The van der Waals surface area contributed by atoms with Crippen molar-refractivity contribution in [1.82, 2.24) is 14.3 Å². The number of anilines is 1. The van der Waals surface area contributed by atoms with Crippen LogP contribution in [0.4, 0.5) is 5.82 Å². The normalized spacial score (nSPS) is 15.8. The number of hydrogen-bond donors (Lipinski definition) is 2. The fourth-order valence-electron chi connectivity index (χ4n) is 2.66. The van der Waals surface area contributed by atoms with Crippen LogP contribution in [0.25, 0.3) is 11.7 Å². The summed E-state index contributed by atoms with van der Waals surface area (Å²) >= 11 is 6.31. The minimum absolute atomic E-state index is 0.0567. The third kappa shape index (κ3) is 4.09. The van der Waals surface area contributed by atoms with E-state index in [4.69, 9.17) is 22.1 Å². The highest BCUT2D eigenvalue weighted by Crippen LogP contribution is 2.31. The SMILES string of the molecule is Cc1cccn2c(=O)c(/C=C3\SC(=S)N(C)C3=O)c(NCCOCCO)nc12. The first-order valence-electron chi connectivity index (χ1n) is 8.60. The van der Waals surface area contributed by atoms with Crippen molar-refractivity contribution in [1.29, 1.82) is 0 Å². The number of nitrogens with one attached hydrogen (secondary N) is 1. The first-order valence-corrected chi connectivity index (χ1v) is 9.82. The van der Waals surface area contributed by atoms with Crippen LogP contribution < -0.4 is 10.9 Å². The average Bonchev–Trinajstić information content (AvgIpc) is 2.92. The van der Waals surface area contributed by atoms with Gasteiger partial charge in [0.25, 0.3) is 11.5 Å². The molecule has 1 aliphatic rings. The van der Waals surface area contributed by atoms with E-state index >= 15 is 0 Å². The van der Waals surface area contributed by atoms with Gasteiger partial charge in [-0.05, 0) is 24.6 Å². The standard InChI is InChI=1S/C18H20N4O4S2/c1-11-4-3-6-22-15(11)20-14(19-5-8-26-9-7-23)12(16(22)24)10-13-17(25)21(2)18(27)28-13/h3-4,6,10,19,23H,5,7-9H2,1-2H3/b13-10-. The zero-order chi connectivity index (χ0) is 20.3. The van der Waals surface area contributed by atoms with Gasteiger partial charge in [-0.3, -0.25) is 18.9 Å². The Morgan fingerprint density at radius 1 is 1.39 bits per heavy atom. The molecule has 28 heavy (non-hydrogen) atoms. The van der Waals surface area contributed by atoms with Crippen LogP contribution >= 0.6 is 24.0 Å². The van der Waals surface area contributed by atoms with E-state index in [0.29, 0.717) is 33.8 Å². The van der Waals surface area contributed by atoms with Gasteiger partial charge in [-0.2, -0.15) is 0 Å². The molecule has 0 radical (unpaired) electrons. The average molecular weight is 421 g/mol. The number of hydrogen-bond acceptors (Lipinski definition) is 8. The second-order valence-electron chi connectivity index (χ2n) is 6.07. The number of pyridine rings is 1. The summed E-state index contributed by atoms with van der Waals surface area (Å²) in [6.07, 6.45) is 3.18. The maximum Gasteiger partial charge on any atom is 0.267 e. The third-order valence-electron chi connectivity index (χ3n) is 4.12. The van der Waals surface area contributed by atoms with Crippen molar-refractivity contribution >= 4 is 51.7 Å². The Labute approximate surface area is 171 Å². The van der Waals surface area contributed by atoms with Crippen LogP contribution in [0.15, 0.2) is 28.0 Å². The fourth-order valence-corrected chi connectivity index (χ4v) is 3.82. The topological polar surface area (TPSA) is 96.2 Å². The molecule has 148 valence electrons. The van der Waals surface area contributed by atoms with E-state index < -0.39 is 0 Å². The predicted molar refractivity (Wildman–Crippen MR) is 114 cm³/mol. The first kappa shape index (κ1) is 20.5. The maximum atomic E-state index is 13.1. The van der Waals surface area contributed by atoms with Crippen molar-refractivity contribution in [3.63, 3.8) is 0 Å². The van der Waals surface area contributed by atoms with Gasteiger partial charge in [-0.1, -0.05) is 30.0 Å². The molecule has 2 aromatic rings. The Morgan fingerprint density at radius 3 is 2.86 bits per heavy atom. The molecule has 2 aromatic heterocycles. The lowest BCUT2D eigenvalue weighted by Crippen LogP contribution is -2.24. The molecule has 0 unspecified atom stereocenters. The molecule has 3 rings (SSSR count). The lowest BCUT2D eigenvalue weighted by Gasteiger charge is -2.12. The predicted octanol–water partition coefficient (Wildman–Crippen LogP) is 1.25. The largest absolute Gasteiger partial charge is 0.394 e. The molecule has 1 saturated heterocycles. The number of amides is 1. The Kier molecular flexibility index (Phi) is 6.45. The van der Waals surface area contributed by atoms with Crippen LogP contribution in [0.2, 0.25) is 0 Å². The molecule has 0 bridgehead atoms. The molecule has 0 saturated carbocycles. The quantitative estimate of drug-likeness (QED) is 0.393. The summed E-state index contributed by atoms with van der Waals surface area (Å²) in [5.41, 5.74) is 1.38. The van der Waals surface area contributed by atoms with Crippen LogP contribution in [-0.4, -0.2) is 63.0 Å². The molecular weight excluding hydrogens is 400 g/mol. The van der Waals surface area contributed by atoms with Gasteiger partial charge in [-0.25, -0.2) is 4.98 Å². The van der Waals surface area contributed by atoms with Gasteiger partial charge in [-0.15, -0.1) is 0 Å². The maximum absolute atomic E-state index is 13.1. The van der Waals surface area contributed by atoms with E-state index in [9.17, 15) is 9.59 Å². The molecule has 8 nitrogen and oxygen atoms in total. The van der Waals surface area contributed by atoms with Crippen molar-refractivity contribution in [3.05, 3.63) is 44.7 Å². The zero-order valence-corrected chi connectivity index (χ0v) is 17.1.